The smallest absolute Gasteiger partial charge is 0.415 e. The molecule has 0 spiro atoms. The summed E-state index contributed by atoms with van der Waals surface area (Å²) in [7, 11) is 1.61. The van der Waals surface area contributed by atoms with E-state index in [1.165, 1.54) is 52.8 Å². The van der Waals surface area contributed by atoms with Gasteiger partial charge in [0.05, 0.1) is 7.11 Å². The molecule has 3 aromatic carbocycles. The summed E-state index contributed by atoms with van der Waals surface area (Å²) in [6, 6.07) is 16.0. The van der Waals surface area contributed by atoms with Crippen LogP contribution in [0.25, 0.3) is 29.0 Å². The number of carbonyl (C=O) groups is 3. The van der Waals surface area contributed by atoms with E-state index in [1.807, 2.05) is 84.9 Å². The molecule has 0 bridgehead atoms. The van der Waals surface area contributed by atoms with E-state index in [-0.39, 0.29) is 6.61 Å². The summed E-state index contributed by atoms with van der Waals surface area (Å²) >= 11 is 0. The molecule has 3 aromatic rings. The van der Waals surface area contributed by atoms with E-state index < -0.39 is 35.0 Å². The molecule has 2 N–H and O–H groups in total. The SMILES string of the molecule is CCCCCC(C)C.COc1ccc(COC(=O)NC(C)(C)CCCCCCCN(CCC(C)(C)NC(=O)OC(C)(C)C)C(=O)OC2=CCc3c(ccc4c5c(ccc34)=CC=C5)=C2)cc1. The Hall–Kier alpha value is -5.25. The molecule has 0 radical (unpaired) electrons. The molecule has 5 rings (SSSR count). The topological polar surface area (TPSA) is 115 Å². The maximum absolute atomic E-state index is 13.8. The van der Waals surface area contributed by atoms with E-state index in [1.54, 1.807) is 12.0 Å². The Morgan fingerprint density at radius 1 is 0.738 bits per heavy atom. The summed E-state index contributed by atoms with van der Waals surface area (Å²) in [6.07, 6.45) is 21.3. The third-order valence-electron chi connectivity index (χ3n) is 11.7. The monoisotopic (exact) mass is 894 g/mol. The number of alkyl carbamates (subject to hydrolysis) is 2. The number of methoxy groups -OCH3 is 1. The number of ether oxygens (including phenoxy) is 4. The van der Waals surface area contributed by atoms with Crippen molar-refractivity contribution in [3.63, 3.8) is 0 Å². The minimum atomic E-state index is -0.618. The third kappa shape index (κ3) is 18.3. The number of rotatable bonds is 21. The number of fused-ring (bicyclic) bond motifs is 5. The van der Waals surface area contributed by atoms with Gasteiger partial charge in [-0.3, -0.25) is 0 Å². The second-order valence-corrected chi connectivity index (χ2v) is 20.2. The molecule has 65 heavy (non-hydrogen) atoms. The van der Waals surface area contributed by atoms with Crippen LogP contribution in [0.15, 0.2) is 66.4 Å². The largest absolute Gasteiger partial charge is 0.497 e. The van der Waals surface area contributed by atoms with E-state index in [0.717, 1.165) is 61.0 Å². The first-order valence-corrected chi connectivity index (χ1v) is 24.0. The first-order chi connectivity index (χ1) is 30.8. The number of nitrogens with one attached hydrogen (secondary N) is 2. The van der Waals surface area contributed by atoms with E-state index in [9.17, 15) is 14.4 Å². The predicted octanol–water partition coefficient (Wildman–Crippen LogP) is 12.3. The number of amides is 3. The molecule has 0 atom stereocenters. The van der Waals surface area contributed by atoms with Crippen LogP contribution < -0.4 is 25.8 Å². The molecule has 10 nitrogen and oxygen atoms in total. The van der Waals surface area contributed by atoms with Gasteiger partial charge in [0.15, 0.2) is 0 Å². The number of hydrogen-bond acceptors (Lipinski definition) is 7. The zero-order valence-corrected chi connectivity index (χ0v) is 41.5. The molecule has 2 aliphatic carbocycles. The van der Waals surface area contributed by atoms with E-state index >= 15 is 0 Å². The van der Waals surface area contributed by atoms with Gasteiger partial charge in [-0.2, -0.15) is 0 Å². The second kappa shape index (κ2) is 24.9. The number of allylic oxidation sites excluding steroid dienone is 3. The normalized spacial score (nSPS) is 13.0. The van der Waals surface area contributed by atoms with Crippen molar-refractivity contribution < 1.29 is 33.3 Å². The standard InChI is InChI=1S/C47H61N3O7.C8H18/c1-45(2,3)57-43(52)49-47(6,7)28-30-50(29-13-11-9-10-12-27-46(4,5)48-42(51)55-32-33-17-21-36(54-8)22-18-33)44(53)56-37-23-26-39-35(31-37)20-25-40-38-16-14-15-34(38)19-24-41(39)40;1-4-5-6-7-8(2)3/h14-25,31H,9-13,26-30,32H2,1-8H3,(H,48,51)(H,49,52);8H,4-7H2,1-3H3. The highest BCUT2D eigenvalue weighted by molar-refractivity contribution is 5.96. The van der Waals surface area contributed by atoms with Crippen molar-refractivity contribution in [2.45, 2.75) is 170 Å². The van der Waals surface area contributed by atoms with Crippen molar-refractivity contribution in [3.05, 3.63) is 93.6 Å². The first-order valence-electron chi connectivity index (χ1n) is 24.0. The number of nitrogens with zero attached hydrogens (tertiary/aromatic N) is 1. The van der Waals surface area contributed by atoms with Gasteiger partial charge in [0, 0.05) is 24.2 Å². The molecule has 0 aliphatic heterocycles. The number of carbonyl (C=O) groups excluding carboxylic acids is 3. The Bertz CT molecular complexity index is 2210. The van der Waals surface area contributed by atoms with Crippen LogP contribution >= 0.6 is 0 Å². The molecule has 0 saturated carbocycles. The molecular formula is C55H79N3O7. The molecular weight excluding hydrogens is 815 g/mol. The maximum atomic E-state index is 13.8. The van der Waals surface area contributed by atoms with Crippen molar-refractivity contribution in [1.82, 2.24) is 15.5 Å². The number of unbranched alkanes of at least 4 members (excludes halogenated alkanes) is 6. The summed E-state index contributed by atoms with van der Waals surface area (Å²) in [5.74, 6) is 2.20. The molecule has 2 aliphatic rings. The molecule has 0 unspecified atom stereocenters. The van der Waals surface area contributed by atoms with Crippen LogP contribution in [0.5, 0.6) is 5.75 Å². The number of hydrogen-bond donors (Lipinski definition) is 2. The first kappa shape index (κ1) is 52.4. The van der Waals surface area contributed by atoms with Crippen LogP contribution in [0.3, 0.4) is 0 Å². The number of benzene rings is 3. The molecule has 0 saturated heterocycles. The van der Waals surface area contributed by atoms with Gasteiger partial charge in [0.2, 0.25) is 0 Å². The van der Waals surface area contributed by atoms with Crippen LogP contribution in [0, 0.1) is 5.92 Å². The Kier molecular flexibility index (Phi) is 20.0. The summed E-state index contributed by atoms with van der Waals surface area (Å²) < 4.78 is 22.2. The van der Waals surface area contributed by atoms with Crippen LogP contribution in [-0.2, 0) is 27.2 Å². The Balaban J connectivity index is 0.00000105. The summed E-state index contributed by atoms with van der Waals surface area (Å²) in [5.41, 5.74) is 1.72. The zero-order chi connectivity index (χ0) is 47.6. The van der Waals surface area contributed by atoms with Gasteiger partial charge in [-0.15, -0.1) is 0 Å². The molecule has 0 heterocycles. The highest BCUT2D eigenvalue weighted by Crippen LogP contribution is 2.25. The van der Waals surface area contributed by atoms with Crippen LogP contribution in [0.1, 0.15) is 157 Å². The van der Waals surface area contributed by atoms with Gasteiger partial charge in [-0.25, -0.2) is 14.4 Å². The van der Waals surface area contributed by atoms with Gasteiger partial charge in [0.1, 0.15) is 23.7 Å². The lowest BCUT2D eigenvalue weighted by molar-refractivity contribution is 0.0462. The van der Waals surface area contributed by atoms with Crippen LogP contribution in [0.4, 0.5) is 14.4 Å². The third-order valence-corrected chi connectivity index (χ3v) is 11.7. The fourth-order valence-corrected chi connectivity index (χ4v) is 7.92. The molecule has 3 amide bonds. The summed E-state index contributed by atoms with van der Waals surface area (Å²) in [4.78, 5) is 40.6. The lowest BCUT2D eigenvalue weighted by atomic mass is 9.94. The van der Waals surface area contributed by atoms with Crippen molar-refractivity contribution in [1.29, 1.82) is 0 Å². The van der Waals surface area contributed by atoms with E-state index in [4.69, 9.17) is 18.9 Å². The Morgan fingerprint density at radius 3 is 2.09 bits per heavy atom. The lowest BCUT2D eigenvalue weighted by Gasteiger charge is -2.31. The molecule has 10 heteroatoms. The average molecular weight is 894 g/mol. The van der Waals surface area contributed by atoms with Crippen molar-refractivity contribution in [2.75, 3.05) is 20.2 Å². The predicted molar refractivity (Wildman–Crippen MR) is 266 cm³/mol. The fraction of sp³-hybridized carbons (Fsp3) is 0.545. The molecule has 0 aromatic heterocycles. The van der Waals surface area contributed by atoms with Crippen molar-refractivity contribution >= 4 is 47.3 Å². The van der Waals surface area contributed by atoms with E-state index in [2.05, 4.69) is 73.9 Å². The Labute approximate surface area is 389 Å². The quantitative estimate of drug-likeness (QED) is 0.0808. The van der Waals surface area contributed by atoms with Gasteiger partial charge in [-0.05, 0) is 142 Å². The van der Waals surface area contributed by atoms with Crippen LogP contribution in [-0.4, -0.2) is 60.1 Å². The minimum absolute atomic E-state index is 0.189. The Morgan fingerprint density at radius 2 is 1.40 bits per heavy atom. The maximum Gasteiger partial charge on any atom is 0.415 e. The van der Waals surface area contributed by atoms with Gasteiger partial charge in [-0.1, -0.05) is 127 Å². The highest BCUT2D eigenvalue weighted by Gasteiger charge is 2.27. The molecule has 0 fully saturated rings. The summed E-state index contributed by atoms with van der Waals surface area (Å²) in [5, 5.41) is 10.7. The molecule has 356 valence electrons. The average Bonchev–Trinajstić information content (AvgIpc) is 3.72. The minimum Gasteiger partial charge on any atom is -0.497 e. The van der Waals surface area contributed by atoms with E-state index in [0.29, 0.717) is 31.7 Å². The zero-order valence-electron chi connectivity index (χ0n) is 41.5. The highest BCUT2D eigenvalue weighted by atomic mass is 16.6. The van der Waals surface area contributed by atoms with Crippen molar-refractivity contribution in [2.24, 2.45) is 5.92 Å². The van der Waals surface area contributed by atoms with Gasteiger partial charge < -0.3 is 34.5 Å². The van der Waals surface area contributed by atoms with Crippen LogP contribution in [0.2, 0.25) is 0 Å². The second-order valence-electron chi connectivity index (χ2n) is 20.2. The lowest BCUT2D eigenvalue weighted by Crippen LogP contribution is -2.48. The van der Waals surface area contributed by atoms with Gasteiger partial charge in [0.25, 0.3) is 0 Å². The summed E-state index contributed by atoms with van der Waals surface area (Å²) in [6.45, 7) is 21.3. The van der Waals surface area contributed by atoms with Crippen molar-refractivity contribution in [3.8, 4) is 5.75 Å². The fourth-order valence-electron chi connectivity index (χ4n) is 7.92. The van der Waals surface area contributed by atoms with Gasteiger partial charge >= 0.3 is 18.3 Å².